The lowest BCUT2D eigenvalue weighted by Crippen LogP contribution is -2.16. The Hall–Kier alpha value is -1.00. The Balaban J connectivity index is 2.63. The molecule has 0 aliphatic heterocycles. The molecule has 1 aromatic carbocycles. The molecule has 0 unspecified atom stereocenters. The summed E-state index contributed by atoms with van der Waals surface area (Å²) in [6.45, 7) is 5.96. The molecule has 0 saturated carbocycles. The number of aromatic nitrogens is 2. The minimum absolute atomic E-state index is 0.248. The van der Waals surface area contributed by atoms with E-state index in [4.69, 9.17) is 11.6 Å². The van der Waals surface area contributed by atoms with Gasteiger partial charge in [0.2, 0.25) is 0 Å². The molecular formula is C14H13BrClFN2. The number of rotatable bonds is 1. The lowest BCUT2D eigenvalue weighted by molar-refractivity contribution is 0.545. The van der Waals surface area contributed by atoms with E-state index >= 15 is 0 Å². The van der Waals surface area contributed by atoms with Gasteiger partial charge in [0.05, 0.1) is 10.2 Å². The maximum atomic E-state index is 14.1. The fraction of sp³-hybridized carbons (Fsp3) is 0.286. The van der Waals surface area contributed by atoms with Gasteiger partial charge in [-0.3, -0.25) is 0 Å². The Morgan fingerprint density at radius 1 is 1.21 bits per heavy atom. The Kier molecular flexibility index (Phi) is 3.92. The van der Waals surface area contributed by atoms with E-state index in [1.165, 1.54) is 0 Å². The third-order valence-corrected chi connectivity index (χ3v) is 3.40. The summed E-state index contributed by atoms with van der Waals surface area (Å²) < 4.78 is 14.5. The van der Waals surface area contributed by atoms with Gasteiger partial charge >= 0.3 is 0 Å². The Morgan fingerprint density at radius 2 is 1.89 bits per heavy atom. The highest BCUT2D eigenvalue weighted by Gasteiger charge is 2.20. The molecule has 0 aliphatic carbocycles. The molecule has 0 atom stereocenters. The van der Waals surface area contributed by atoms with Gasteiger partial charge in [-0.05, 0) is 28.1 Å². The van der Waals surface area contributed by atoms with Crippen LogP contribution in [0.2, 0.25) is 5.15 Å². The Labute approximate surface area is 125 Å². The minimum Gasteiger partial charge on any atom is -0.232 e. The van der Waals surface area contributed by atoms with Gasteiger partial charge in [-0.15, -0.1) is 0 Å². The van der Waals surface area contributed by atoms with E-state index in [0.717, 1.165) is 0 Å². The second kappa shape index (κ2) is 5.17. The van der Waals surface area contributed by atoms with Gasteiger partial charge < -0.3 is 0 Å². The van der Waals surface area contributed by atoms with Crippen LogP contribution >= 0.6 is 27.5 Å². The molecule has 0 radical (unpaired) electrons. The van der Waals surface area contributed by atoms with Crippen molar-refractivity contribution < 1.29 is 4.39 Å². The van der Waals surface area contributed by atoms with Gasteiger partial charge in [0.15, 0.2) is 0 Å². The van der Waals surface area contributed by atoms with Crippen LogP contribution in [0, 0.1) is 5.82 Å². The van der Waals surface area contributed by atoms with Crippen LogP contribution in [0.4, 0.5) is 4.39 Å². The first-order chi connectivity index (χ1) is 8.79. The number of benzene rings is 1. The van der Waals surface area contributed by atoms with Gasteiger partial charge in [-0.2, -0.15) is 0 Å². The van der Waals surface area contributed by atoms with Gasteiger partial charge in [0.1, 0.15) is 16.8 Å². The highest BCUT2D eigenvalue weighted by molar-refractivity contribution is 9.10. The molecule has 2 rings (SSSR count). The molecule has 1 heterocycles. The topological polar surface area (TPSA) is 25.8 Å². The molecule has 0 fully saturated rings. The van der Waals surface area contributed by atoms with Crippen LogP contribution in [0.5, 0.6) is 0 Å². The summed E-state index contributed by atoms with van der Waals surface area (Å²) in [7, 11) is 0. The third-order valence-electron chi connectivity index (χ3n) is 2.59. The average Bonchev–Trinajstić information content (AvgIpc) is 2.31. The second-order valence-corrected chi connectivity index (χ2v) is 6.49. The van der Waals surface area contributed by atoms with E-state index in [1.54, 1.807) is 24.3 Å². The third kappa shape index (κ3) is 3.12. The van der Waals surface area contributed by atoms with Crippen molar-refractivity contribution in [3.63, 3.8) is 0 Å². The molecular weight excluding hydrogens is 331 g/mol. The molecule has 5 heteroatoms. The summed E-state index contributed by atoms with van der Waals surface area (Å²) in [4.78, 5) is 8.62. The van der Waals surface area contributed by atoms with Crippen molar-refractivity contribution in [2.24, 2.45) is 0 Å². The van der Waals surface area contributed by atoms with Gasteiger partial charge in [0.25, 0.3) is 0 Å². The van der Waals surface area contributed by atoms with Gasteiger partial charge in [-0.25, -0.2) is 14.4 Å². The normalized spacial score (nSPS) is 11.7. The summed E-state index contributed by atoms with van der Waals surface area (Å²) in [6.07, 6.45) is 0. The fourth-order valence-electron chi connectivity index (χ4n) is 1.59. The molecule has 0 spiro atoms. The minimum atomic E-state index is -0.350. The molecule has 0 N–H and O–H groups in total. The van der Waals surface area contributed by atoms with Crippen LogP contribution in [-0.4, -0.2) is 9.97 Å². The zero-order valence-corrected chi connectivity index (χ0v) is 13.2. The number of nitrogens with zero attached hydrogens (tertiary/aromatic N) is 2. The number of hydrogen-bond acceptors (Lipinski definition) is 2. The van der Waals surface area contributed by atoms with Crippen molar-refractivity contribution in [3.05, 3.63) is 45.5 Å². The van der Waals surface area contributed by atoms with E-state index in [0.29, 0.717) is 26.7 Å². The first-order valence-electron chi connectivity index (χ1n) is 5.78. The summed E-state index contributed by atoms with van der Waals surface area (Å²) in [5, 5.41) is 0.314. The van der Waals surface area contributed by atoms with E-state index in [-0.39, 0.29) is 11.2 Å². The molecule has 0 saturated heterocycles. The van der Waals surface area contributed by atoms with Crippen LogP contribution in [-0.2, 0) is 5.41 Å². The monoisotopic (exact) mass is 342 g/mol. The Bertz CT molecular complexity index is 623. The number of halogens is 3. The zero-order chi connectivity index (χ0) is 14.2. The fourth-order valence-corrected chi connectivity index (χ4v) is 2.14. The molecule has 2 aromatic rings. The Morgan fingerprint density at radius 3 is 2.53 bits per heavy atom. The van der Waals surface area contributed by atoms with Crippen molar-refractivity contribution in [3.8, 4) is 11.3 Å². The standard InChI is InChI=1S/C14H13BrClFN2/c1-14(2,3)13-18-10(7-11(16)19-13)8-5-4-6-9(15)12(8)17/h4-7H,1-3H3. The van der Waals surface area contributed by atoms with Crippen molar-refractivity contribution in [2.45, 2.75) is 26.2 Å². The summed E-state index contributed by atoms with van der Waals surface area (Å²) in [5.41, 5.74) is 0.648. The maximum absolute atomic E-state index is 14.1. The molecule has 100 valence electrons. The van der Waals surface area contributed by atoms with Crippen molar-refractivity contribution in [1.29, 1.82) is 0 Å². The molecule has 1 aromatic heterocycles. The summed E-state index contributed by atoms with van der Waals surface area (Å²) >= 11 is 9.18. The lowest BCUT2D eigenvalue weighted by Gasteiger charge is -2.17. The van der Waals surface area contributed by atoms with E-state index < -0.39 is 0 Å². The smallest absolute Gasteiger partial charge is 0.146 e. The maximum Gasteiger partial charge on any atom is 0.146 e. The van der Waals surface area contributed by atoms with Crippen LogP contribution in [0.15, 0.2) is 28.7 Å². The van der Waals surface area contributed by atoms with Gasteiger partial charge in [-0.1, -0.05) is 38.4 Å². The molecule has 19 heavy (non-hydrogen) atoms. The van der Waals surface area contributed by atoms with E-state index in [2.05, 4.69) is 25.9 Å². The predicted molar refractivity (Wildman–Crippen MR) is 78.8 cm³/mol. The van der Waals surface area contributed by atoms with E-state index in [1.807, 2.05) is 20.8 Å². The second-order valence-electron chi connectivity index (χ2n) is 5.25. The quantitative estimate of drug-likeness (QED) is 0.681. The first-order valence-corrected chi connectivity index (χ1v) is 6.95. The van der Waals surface area contributed by atoms with Crippen LogP contribution in [0.25, 0.3) is 11.3 Å². The molecule has 0 aliphatic rings. The lowest BCUT2D eigenvalue weighted by atomic mass is 9.95. The largest absolute Gasteiger partial charge is 0.232 e. The SMILES string of the molecule is CC(C)(C)c1nc(Cl)cc(-c2cccc(Br)c2F)n1. The molecule has 0 bridgehead atoms. The van der Waals surface area contributed by atoms with Crippen LogP contribution in [0.1, 0.15) is 26.6 Å². The summed E-state index contributed by atoms with van der Waals surface area (Å²) in [6, 6.07) is 6.65. The van der Waals surface area contributed by atoms with Crippen LogP contribution < -0.4 is 0 Å². The van der Waals surface area contributed by atoms with Crippen molar-refractivity contribution in [1.82, 2.24) is 9.97 Å². The first kappa shape index (κ1) is 14.4. The van der Waals surface area contributed by atoms with Crippen molar-refractivity contribution >= 4 is 27.5 Å². The highest BCUT2D eigenvalue weighted by atomic mass is 79.9. The van der Waals surface area contributed by atoms with Crippen molar-refractivity contribution in [2.75, 3.05) is 0 Å². The summed E-state index contributed by atoms with van der Waals surface area (Å²) in [5.74, 6) is 0.242. The zero-order valence-electron chi connectivity index (χ0n) is 10.8. The number of hydrogen-bond donors (Lipinski definition) is 0. The average molecular weight is 344 g/mol. The molecule has 0 amide bonds. The highest BCUT2D eigenvalue weighted by Crippen LogP contribution is 2.29. The van der Waals surface area contributed by atoms with Crippen LogP contribution in [0.3, 0.4) is 0 Å². The molecule has 2 nitrogen and oxygen atoms in total. The predicted octanol–water partition coefficient (Wildman–Crippen LogP) is 5.00. The van der Waals surface area contributed by atoms with Gasteiger partial charge in [0, 0.05) is 17.0 Å². The van der Waals surface area contributed by atoms with E-state index in [9.17, 15) is 4.39 Å².